The topological polar surface area (TPSA) is 25.2 Å². The molecular weight excluding hydrogens is 266 g/mol. The predicted octanol–water partition coefficient (Wildman–Crippen LogP) is 4.91. The molecule has 2 nitrogen and oxygen atoms in total. The molecule has 0 aliphatic carbocycles. The molecule has 1 aromatic carbocycles. The Balaban J connectivity index is 1.83. The SMILES string of the molecule is CCc1oc2ccccc2c1CN[C@H](C)c1cccs1. The van der Waals surface area contributed by atoms with E-state index in [0.29, 0.717) is 6.04 Å². The third-order valence-electron chi connectivity index (χ3n) is 3.66. The number of hydrogen-bond donors (Lipinski definition) is 1. The molecule has 2 heterocycles. The molecule has 0 aliphatic rings. The van der Waals surface area contributed by atoms with E-state index in [1.165, 1.54) is 15.8 Å². The summed E-state index contributed by atoms with van der Waals surface area (Å²) in [4.78, 5) is 1.37. The van der Waals surface area contributed by atoms with Crippen LogP contribution >= 0.6 is 11.3 Å². The fourth-order valence-corrected chi connectivity index (χ4v) is 3.28. The van der Waals surface area contributed by atoms with Crippen molar-refractivity contribution >= 4 is 22.3 Å². The molecule has 0 spiro atoms. The van der Waals surface area contributed by atoms with Gasteiger partial charge in [0.2, 0.25) is 0 Å². The van der Waals surface area contributed by atoms with E-state index < -0.39 is 0 Å². The van der Waals surface area contributed by atoms with E-state index in [4.69, 9.17) is 4.42 Å². The molecule has 0 saturated heterocycles. The summed E-state index contributed by atoms with van der Waals surface area (Å²) in [5, 5.41) is 6.96. The molecule has 0 saturated carbocycles. The summed E-state index contributed by atoms with van der Waals surface area (Å²) >= 11 is 1.80. The van der Waals surface area contributed by atoms with Gasteiger partial charge in [-0.05, 0) is 24.4 Å². The number of furan rings is 1. The van der Waals surface area contributed by atoms with Crippen LogP contribution in [-0.2, 0) is 13.0 Å². The van der Waals surface area contributed by atoms with Gasteiger partial charge >= 0.3 is 0 Å². The molecular formula is C17H19NOS. The van der Waals surface area contributed by atoms with E-state index in [1.807, 2.05) is 12.1 Å². The van der Waals surface area contributed by atoms with E-state index in [-0.39, 0.29) is 0 Å². The smallest absolute Gasteiger partial charge is 0.134 e. The molecule has 3 heteroatoms. The number of para-hydroxylation sites is 1. The number of hydrogen-bond acceptors (Lipinski definition) is 3. The van der Waals surface area contributed by atoms with E-state index >= 15 is 0 Å². The molecule has 0 fully saturated rings. The Hall–Kier alpha value is -1.58. The summed E-state index contributed by atoms with van der Waals surface area (Å²) in [5.74, 6) is 1.09. The van der Waals surface area contributed by atoms with Crippen molar-refractivity contribution in [2.45, 2.75) is 32.9 Å². The zero-order valence-electron chi connectivity index (χ0n) is 11.8. The highest BCUT2D eigenvalue weighted by atomic mass is 32.1. The third-order valence-corrected chi connectivity index (χ3v) is 4.71. The van der Waals surface area contributed by atoms with Gasteiger partial charge in [-0.2, -0.15) is 0 Å². The lowest BCUT2D eigenvalue weighted by Crippen LogP contribution is -2.17. The lowest BCUT2D eigenvalue weighted by Gasteiger charge is -2.12. The second kappa shape index (κ2) is 5.81. The lowest BCUT2D eigenvalue weighted by atomic mass is 10.1. The largest absolute Gasteiger partial charge is 0.461 e. The first kappa shape index (κ1) is 13.4. The normalized spacial score (nSPS) is 12.9. The van der Waals surface area contributed by atoms with Crippen molar-refractivity contribution in [2.75, 3.05) is 0 Å². The highest BCUT2D eigenvalue weighted by molar-refractivity contribution is 7.10. The third kappa shape index (κ3) is 2.51. The fourth-order valence-electron chi connectivity index (χ4n) is 2.52. The molecule has 1 N–H and O–H groups in total. The van der Waals surface area contributed by atoms with Crippen LogP contribution in [0, 0.1) is 0 Å². The zero-order valence-corrected chi connectivity index (χ0v) is 12.7. The summed E-state index contributed by atoms with van der Waals surface area (Å²) in [7, 11) is 0. The maximum Gasteiger partial charge on any atom is 0.134 e. The van der Waals surface area contributed by atoms with E-state index in [2.05, 4.69) is 48.8 Å². The van der Waals surface area contributed by atoms with Crippen molar-refractivity contribution in [3.63, 3.8) is 0 Å². The first-order valence-corrected chi connectivity index (χ1v) is 7.93. The molecule has 0 bridgehead atoms. The second-order valence-corrected chi connectivity index (χ2v) is 5.95. The number of aryl methyl sites for hydroxylation is 1. The van der Waals surface area contributed by atoms with Crippen molar-refractivity contribution in [2.24, 2.45) is 0 Å². The van der Waals surface area contributed by atoms with Gasteiger partial charge < -0.3 is 9.73 Å². The Labute approximate surface area is 123 Å². The average molecular weight is 285 g/mol. The predicted molar refractivity (Wildman–Crippen MR) is 85.2 cm³/mol. The van der Waals surface area contributed by atoms with Crippen LogP contribution in [0.2, 0.25) is 0 Å². The number of rotatable bonds is 5. The first-order valence-electron chi connectivity index (χ1n) is 7.05. The summed E-state index contributed by atoms with van der Waals surface area (Å²) in [6, 6.07) is 12.9. The number of fused-ring (bicyclic) bond motifs is 1. The van der Waals surface area contributed by atoms with Gasteiger partial charge in [-0.15, -0.1) is 11.3 Å². The number of thiophene rings is 1. The molecule has 0 radical (unpaired) electrons. The van der Waals surface area contributed by atoms with Crippen LogP contribution in [0.25, 0.3) is 11.0 Å². The van der Waals surface area contributed by atoms with Crippen LogP contribution in [0.15, 0.2) is 46.2 Å². The maximum absolute atomic E-state index is 5.93. The van der Waals surface area contributed by atoms with Crippen molar-refractivity contribution in [1.29, 1.82) is 0 Å². The van der Waals surface area contributed by atoms with E-state index in [9.17, 15) is 0 Å². The molecule has 0 aliphatic heterocycles. The Morgan fingerprint density at radius 1 is 1.20 bits per heavy atom. The fraction of sp³-hybridized carbons (Fsp3) is 0.294. The molecule has 3 rings (SSSR count). The highest BCUT2D eigenvalue weighted by Gasteiger charge is 2.13. The monoisotopic (exact) mass is 285 g/mol. The molecule has 20 heavy (non-hydrogen) atoms. The average Bonchev–Trinajstić information content (AvgIpc) is 3.12. The van der Waals surface area contributed by atoms with Gasteiger partial charge in [-0.1, -0.05) is 31.2 Å². The molecule has 0 amide bonds. The zero-order chi connectivity index (χ0) is 13.9. The molecule has 3 aromatic rings. The van der Waals surface area contributed by atoms with E-state index in [1.54, 1.807) is 11.3 Å². The minimum atomic E-state index is 0.369. The summed E-state index contributed by atoms with van der Waals surface area (Å²) in [6.45, 7) is 5.20. The summed E-state index contributed by atoms with van der Waals surface area (Å²) < 4.78 is 5.93. The quantitative estimate of drug-likeness (QED) is 0.720. The van der Waals surface area contributed by atoms with Gasteiger partial charge in [0.05, 0.1) is 0 Å². The van der Waals surface area contributed by atoms with Gasteiger partial charge in [0.25, 0.3) is 0 Å². The van der Waals surface area contributed by atoms with Crippen molar-refractivity contribution in [3.05, 3.63) is 58.0 Å². The molecule has 2 aromatic heterocycles. The van der Waals surface area contributed by atoms with Crippen LogP contribution in [0.5, 0.6) is 0 Å². The number of nitrogens with one attached hydrogen (secondary N) is 1. The standard InChI is InChI=1S/C17H19NOS/c1-3-15-14(13-7-4-5-8-16(13)19-15)11-18-12(2)17-9-6-10-20-17/h4-10,12,18H,3,11H2,1-2H3/t12-/m1/s1. The molecule has 0 unspecified atom stereocenters. The first-order chi connectivity index (χ1) is 9.79. The summed E-state index contributed by atoms with van der Waals surface area (Å²) in [6.07, 6.45) is 0.930. The Kier molecular flexibility index (Phi) is 3.90. The van der Waals surface area contributed by atoms with Crippen LogP contribution in [-0.4, -0.2) is 0 Å². The van der Waals surface area contributed by atoms with Gasteiger partial charge in [-0.3, -0.25) is 0 Å². The lowest BCUT2D eigenvalue weighted by molar-refractivity contribution is 0.532. The highest BCUT2D eigenvalue weighted by Crippen LogP contribution is 2.27. The second-order valence-electron chi connectivity index (χ2n) is 4.97. The van der Waals surface area contributed by atoms with Gasteiger partial charge in [0, 0.05) is 34.8 Å². The Morgan fingerprint density at radius 2 is 2.05 bits per heavy atom. The van der Waals surface area contributed by atoms with Crippen molar-refractivity contribution in [3.8, 4) is 0 Å². The summed E-state index contributed by atoms with van der Waals surface area (Å²) in [5.41, 5.74) is 2.29. The maximum atomic E-state index is 5.93. The Bertz CT molecular complexity index is 684. The van der Waals surface area contributed by atoms with Crippen molar-refractivity contribution < 1.29 is 4.42 Å². The van der Waals surface area contributed by atoms with Gasteiger partial charge in [0.15, 0.2) is 0 Å². The van der Waals surface area contributed by atoms with Crippen LogP contribution in [0.4, 0.5) is 0 Å². The van der Waals surface area contributed by atoms with E-state index in [0.717, 1.165) is 24.3 Å². The Morgan fingerprint density at radius 3 is 2.80 bits per heavy atom. The van der Waals surface area contributed by atoms with Crippen LogP contribution in [0.1, 0.15) is 36.1 Å². The van der Waals surface area contributed by atoms with Crippen LogP contribution < -0.4 is 5.32 Å². The minimum absolute atomic E-state index is 0.369. The van der Waals surface area contributed by atoms with Gasteiger partial charge in [0.1, 0.15) is 11.3 Å². The van der Waals surface area contributed by atoms with Crippen LogP contribution in [0.3, 0.4) is 0 Å². The molecule has 104 valence electrons. The van der Waals surface area contributed by atoms with Gasteiger partial charge in [-0.25, -0.2) is 0 Å². The number of benzene rings is 1. The minimum Gasteiger partial charge on any atom is -0.461 e. The van der Waals surface area contributed by atoms with Crippen molar-refractivity contribution in [1.82, 2.24) is 5.32 Å². The molecule has 1 atom stereocenters.